The second-order valence-corrected chi connectivity index (χ2v) is 6.62. The van der Waals surface area contributed by atoms with Gasteiger partial charge in [-0.15, -0.1) is 0 Å². The molecule has 4 heteroatoms. The summed E-state index contributed by atoms with van der Waals surface area (Å²) in [5, 5.41) is 3.41. The number of piperidine rings is 1. The number of carbonyl (C=O) groups is 1. The van der Waals surface area contributed by atoms with E-state index in [9.17, 15) is 4.79 Å². The summed E-state index contributed by atoms with van der Waals surface area (Å²) in [4.78, 5) is 15.0. The van der Waals surface area contributed by atoms with Gasteiger partial charge >= 0.3 is 0 Å². The Labute approximate surface area is 126 Å². The molecule has 1 aromatic heterocycles. The zero-order valence-electron chi connectivity index (χ0n) is 12.9. The minimum absolute atomic E-state index is 0.00990. The Balaban J connectivity index is 1.72. The van der Waals surface area contributed by atoms with Crippen LogP contribution >= 0.6 is 0 Å². The van der Waals surface area contributed by atoms with Crippen LogP contribution in [0.2, 0.25) is 0 Å². The topological polar surface area (TPSA) is 45.5 Å². The van der Waals surface area contributed by atoms with Crippen molar-refractivity contribution in [3.05, 3.63) is 24.2 Å². The molecular weight excluding hydrogens is 264 g/mol. The third-order valence-electron chi connectivity index (χ3n) is 4.92. The van der Waals surface area contributed by atoms with Crippen LogP contribution in [0.3, 0.4) is 0 Å². The predicted octanol–water partition coefficient (Wildman–Crippen LogP) is 2.94. The standard InChI is InChI=1S/C17H26N2O2/c1-13-8-9-18-16(11-13)17(20)19(14-5-2-3-6-14)12-15-7-4-10-21-15/h4,7,10,13-14,16,18H,2-3,5-6,8-9,11-12H2,1H3. The molecule has 0 bridgehead atoms. The molecule has 1 aliphatic carbocycles. The second kappa shape index (κ2) is 6.65. The van der Waals surface area contributed by atoms with Gasteiger partial charge < -0.3 is 14.6 Å². The largest absolute Gasteiger partial charge is 0.467 e. The molecule has 0 radical (unpaired) electrons. The summed E-state index contributed by atoms with van der Waals surface area (Å²) >= 11 is 0. The van der Waals surface area contributed by atoms with Crippen molar-refractivity contribution in [3.63, 3.8) is 0 Å². The fraction of sp³-hybridized carbons (Fsp3) is 0.706. The fourth-order valence-electron chi connectivity index (χ4n) is 3.67. The molecular formula is C17H26N2O2. The van der Waals surface area contributed by atoms with Crippen molar-refractivity contribution in [1.29, 1.82) is 0 Å². The van der Waals surface area contributed by atoms with Crippen molar-refractivity contribution in [2.75, 3.05) is 6.54 Å². The highest BCUT2D eigenvalue weighted by atomic mass is 16.3. The summed E-state index contributed by atoms with van der Waals surface area (Å²) in [7, 11) is 0. The molecule has 1 saturated carbocycles. The fourth-order valence-corrected chi connectivity index (χ4v) is 3.67. The van der Waals surface area contributed by atoms with E-state index in [0.29, 0.717) is 18.5 Å². The number of furan rings is 1. The summed E-state index contributed by atoms with van der Waals surface area (Å²) in [6, 6.07) is 4.24. The van der Waals surface area contributed by atoms with Gasteiger partial charge in [0.1, 0.15) is 5.76 Å². The lowest BCUT2D eigenvalue weighted by molar-refractivity contribution is -0.137. The quantitative estimate of drug-likeness (QED) is 0.927. The number of amides is 1. The number of carbonyl (C=O) groups excluding carboxylic acids is 1. The average molecular weight is 290 g/mol. The van der Waals surface area contributed by atoms with Gasteiger partial charge in [-0.05, 0) is 50.3 Å². The molecule has 0 spiro atoms. The maximum atomic E-state index is 13.0. The van der Waals surface area contributed by atoms with Gasteiger partial charge in [-0.25, -0.2) is 0 Å². The summed E-state index contributed by atoms with van der Waals surface area (Å²) in [5.74, 6) is 1.79. The summed E-state index contributed by atoms with van der Waals surface area (Å²) in [6.07, 6.45) is 8.56. The van der Waals surface area contributed by atoms with Crippen molar-refractivity contribution in [3.8, 4) is 0 Å². The predicted molar refractivity (Wildman–Crippen MR) is 81.7 cm³/mol. The molecule has 2 heterocycles. The molecule has 2 atom stereocenters. The summed E-state index contributed by atoms with van der Waals surface area (Å²) < 4.78 is 5.47. The molecule has 1 aromatic rings. The maximum absolute atomic E-state index is 13.0. The molecule has 2 fully saturated rings. The molecule has 116 valence electrons. The van der Waals surface area contributed by atoms with Gasteiger partial charge in [0.25, 0.3) is 0 Å². The zero-order valence-corrected chi connectivity index (χ0v) is 12.9. The number of nitrogens with one attached hydrogen (secondary N) is 1. The monoisotopic (exact) mass is 290 g/mol. The van der Waals surface area contributed by atoms with E-state index in [2.05, 4.69) is 17.1 Å². The van der Waals surface area contributed by atoms with E-state index in [4.69, 9.17) is 4.42 Å². The third-order valence-corrected chi connectivity index (χ3v) is 4.92. The van der Waals surface area contributed by atoms with Crippen molar-refractivity contribution in [2.24, 2.45) is 5.92 Å². The van der Waals surface area contributed by atoms with Crippen LogP contribution < -0.4 is 5.32 Å². The van der Waals surface area contributed by atoms with Crippen molar-refractivity contribution >= 4 is 5.91 Å². The van der Waals surface area contributed by atoms with Crippen LogP contribution in [0.25, 0.3) is 0 Å². The van der Waals surface area contributed by atoms with E-state index in [1.54, 1.807) is 6.26 Å². The molecule has 0 aromatic carbocycles. The van der Waals surface area contributed by atoms with E-state index < -0.39 is 0 Å². The molecule has 2 aliphatic rings. The summed E-state index contributed by atoms with van der Waals surface area (Å²) in [6.45, 7) is 3.81. The number of hydrogen-bond acceptors (Lipinski definition) is 3. The van der Waals surface area contributed by atoms with Crippen LogP contribution in [0.5, 0.6) is 0 Å². The Hall–Kier alpha value is -1.29. The second-order valence-electron chi connectivity index (χ2n) is 6.62. The highest BCUT2D eigenvalue weighted by Crippen LogP contribution is 2.27. The average Bonchev–Trinajstić information content (AvgIpc) is 3.17. The zero-order chi connectivity index (χ0) is 14.7. The van der Waals surface area contributed by atoms with Gasteiger partial charge in [-0.1, -0.05) is 19.8 Å². The van der Waals surface area contributed by atoms with Gasteiger partial charge in [0.2, 0.25) is 5.91 Å². The van der Waals surface area contributed by atoms with E-state index in [-0.39, 0.29) is 11.9 Å². The van der Waals surface area contributed by atoms with E-state index in [1.165, 1.54) is 19.3 Å². The van der Waals surface area contributed by atoms with Gasteiger partial charge in [0.15, 0.2) is 0 Å². The number of nitrogens with zero attached hydrogens (tertiary/aromatic N) is 1. The van der Waals surface area contributed by atoms with Crippen LogP contribution in [-0.4, -0.2) is 29.4 Å². The first-order valence-electron chi connectivity index (χ1n) is 8.30. The Morgan fingerprint density at radius 1 is 1.38 bits per heavy atom. The van der Waals surface area contributed by atoms with Gasteiger partial charge in [-0.3, -0.25) is 4.79 Å². The van der Waals surface area contributed by atoms with Crippen LogP contribution in [0.1, 0.15) is 51.2 Å². The van der Waals surface area contributed by atoms with Crippen molar-refractivity contribution in [2.45, 2.75) is 64.1 Å². The lowest BCUT2D eigenvalue weighted by atomic mass is 9.93. The normalized spacial score (nSPS) is 26.9. The van der Waals surface area contributed by atoms with Gasteiger partial charge in [0.05, 0.1) is 18.8 Å². The van der Waals surface area contributed by atoms with Crippen LogP contribution in [0.15, 0.2) is 22.8 Å². The summed E-state index contributed by atoms with van der Waals surface area (Å²) in [5.41, 5.74) is 0. The molecule has 4 nitrogen and oxygen atoms in total. The van der Waals surface area contributed by atoms with E-state index >= 15 is 0 Å². The molecule has 21 heavy (non-hydrogen) atoms. The SMILES string of the molecule is CC1CCNC(C(=O)N(Cc2ccco2)C2CCCC2)C1. The first kappa shape index (κ1) is 14.6. The molecule has 2 unspecified atom stereocenters. The molecule has 1 N–H and O–H groups in total. The van der Waals surface area contributed by atoms with Crippen LogP contribution in [-0.2, 0) is 11.3 Å². The molecule has 1 saturated heterocycles. The highest BCUT2D eigenvalue weighted by Gasteiger charge is 2.33. The van der Waals surface area contributed by atoms with E-state index in [0.717, 1.165) is 31.6 Å². The highest BCUT2D eigenvalue weighted by molar-refractivity contribution is 5.82. The Bertz CT molecular complexity index is 451. The lowest BCUT2D eigenvalue weighted by Gasteiger charge is -2.35. The maximum Gasteiger partial charge on any atom is 0.240 e. The van der Waals surface area contributed by atoms with Crippen molar-refractivity contribution < 1.29 is 9.21 Å². The van der Waals surface area contributed by atoms with Gasteiger partial charge in [-0.2, -0.15) is 0 Å². The van der Waals surface area contributed by atoms with Gasteiger partial charge in [0, 0.05) is 6.04 Å². The molecule has 1 aliphatic heterocycles. The Morgan fingerprint density at radius 3 is 2.86 bits per heavy atom. The van der Waals surface area contributed by atoms with Crippen LogP contribution in [0.4, 0.5) is 0 Å². The molecule has 3 rings (SSSR count). The minimum Gasteiger partial charge on any atom is -0.467 e. The number of hydrogen-bond donors (Lipinski definition) is 1. The third kappa shape index (κ3) is 3.49. The van der Waals surface area contributed by atoms with E-state index in [1.807, 2.05) is 12.1 Å². The van der Waals surface area contributed by atoms with Crippen LogP contribution in [0, 0.1) is 5.92 Å². The molecule has 1 amide bonds. The number of rotatable bonds is 4. The Kier molecular flexibility index (Phi) is 4.63. The first-order valence-corrected chi connectivity index (χ1v) is 8.30. The minimum atomic E-state index is -0.00990. The first-order chi connectivity index (χ1) is 10.2. The smallest absolute Gasteiger partial charge is 0.240 e. The van der Waals surface area contributed by atoms with Crippen molar-refractivity contribution in [1.82, 2.24) is 10.2 Å². The Morgan fingerprint density at radius 2 is 2.19 bits per heavy atom. The lowest BCUT2D eigenvalue weighted by Crippen LogP contribution is -2.52.